The first-order valence-corrected chi connectivity index (χ1v) is 10.7. The molecule has 0 radical (unpaired) electrons. The summed E-state index contributed by atoms with van der Waals surface area (Å²) in [6.45, 7) is 1.31. The molecule has 0 unspecified atom stereocenters. The lowest BCUT2D eigenvalue weighted by Gasteiger charge is -2.26. The smallest absolute Gasteiger partial charge is 0.313 e. The van der Waals surface area contributed by atoms with Gasteiger partial charge in [0.05, 0.1) is 28.8 Å². The summed E-state index contributed by atoms with van der Waals surface area (Å²) in [5.74, 6) is -1.80. The van der Waals surface area contributed by atoms with Crippen molar-refractivity contribution in [2.45, 2.75) is 11.4 Å². The van der Waals surface area contributed by atoms with Crippen LogP contribution < -0.4 is 10.6 Å². The Balaban J connectivity index is 1.69. The van der Waals surface area contributed by atoms with Crippen LogP contribution in [0.2, 0.25) is 5.02 Å². The summed E-state index contributed by atoms with van der Waals surface area (Å²) < 4.78 is 32.0. The second kappa shape index (κ2) is 9.36. The van der Waals surface area contributed by atoms with Crippen LogP contribution in [-0.2, 0) is 30.9 Å². The van der Waals surface area contributed by atoms with E-state index in [4.69, 9.17) is 16.3 Å². The topological polar surface area (TPSA) is 105 Å². The maximum atomic E-state index is 12.8. The lowest BCUT2D eigenvalue weighted by molar-refractivity contribution is -0.136. The van der Waals surface area contributed by atoms with Crippen LogP contribution in [0.25, 0.3) is 0 Å². The number of rotatable bonds is 5. The third kappa shape index (κ3) is 5.33. The molecule has 1 fully saturated rings. The molecule has 29 heavy (non-hydrogen) atoms. The van der Waals surface area contributed by atoms with E-state index in [1.54, 1.807) is 0 Å². The number of ether oxygens (including phenoxy) is 1. The van der Waals surface area contributed by atoms with Crippen LogP contribution in [0.3, 0.4) is 0 Å². The van der Waals surface area contributed by atoms with Gasteiger partial charge in [-0.3, -0.25) is 9.59 Å². The highest BCUT2D eigenvalue weighted by atomic mass is 35.5. The number of carbonyl (C=O) groups excluding carboxylic acids is 2. The number of morpholine rings is 1. The van der Waals surface area contributed by atoms with Crippen molar-refractivity contribution in [3.63, 3.8) is 0 Å². The van der Waals surface area contributed by atoms with E-state index in [9.17, 15) is 18.0 Å². The number of nitrogens with one attached hydrogen (secondary N) is 2. The number of benzene rings is 2. The summed E-state index contributed by atoms with van der Waals surface area (Å²) in [6, 6.07) is 13.1. The number of hydrogen-bond donors (Lipinski definition) is 2. The Labute approximate surface area is 173 Å². The molecule has 8 nitrogen and oxygen atoms in total. The van der Waals surface area contributed by atoms with Gasteiger partial charge >= 0.3 is 11.8 Å². The fourth-order valence-electron chi connectivity index (χ4n) is 2.73. The minimum absolute atomic E-state index is 0.0243. The monoisotopic (exact) mass is 437 g/mol. The largest absolute Gasteiger partial charge is 0.379 e. The molecule has 1 heterocycles. The van der Waals surface area contributed by atoms with Gasteiger partial charge in [0.15, 0.2) is 0 Å². The number of amides is 2. The molecule has 0 aromatic heterocycles. The minimum atomic E-state index is -3.76. The molecule has 154 valence electrons. The molecule has 10 heteroatoms. The van der Waals surface area contributed by atoms with Crippen molar-refractivity contribution in [2.75, 3.05) is 31.6 Å². The predicted octanol–water partition coefficient (Wildman–Crippen LogP) is 1.62. The molecular formula is C19H20ClN3O5S. The highest BCUT2D eigenvalue weighted by Gasteiger charge is 2.27. The molecule has 0 aliphatic carbocycles. The van der Waals surface area contributed by atoms with Gasteiger partial charge in [-0.25, -0.2) is 8.42 Å². The first kappa shape index (κ1) is 21.3. The summed E-state index contributed by atoms with van der Waals surface area (Å²) in [6.07, 6.45) is 0. The molecule has 0 bridgehead atoms. The second-order valence-electron chi connectivity index (χ2n) is 6.28. The molecule has 1 aliphatic rings. The fraction of sp³-hybridized carbons (Fsp3) is 0.263. The van der Waals surface area contributed by atoms with Crippen LogP contribution in [0.15, 0.2) is 53.4 Å². The Hall–Kier alpha value is -2.46. The van der Waals surface area contributed by atoms with Crippen molar-refractivity contribution in [2.24, 2.45) is 0 Å². The Morgan fingerprint density at radius 2 is 1.72 bits per heavy atom. The molecule has 2 N–H and O–H groups in total. The third-order valence-corrected chi connectivity index (χ3v) is 6.52. The van der Waals surface area contributed by atoms with E-state index < -0.39 is 21.8 Å². The number of halogens is 1. The Bertz CT molecular complexity index is 992. The van der Waals surface area contributed by atoms with E-state index in [2.05, 4.69) is 10.6 Å². The molecule has 0 atom stereocenters. The highest BCUT2D eigenvalue weighted by Crippen LogP contribution is 2.27. The van der Waals surface area contributed by atoms with E-state index in [0.717, 1.165) is 5.56 Å². The molecule has 3 rings (SSSR count). The SMILES string of the molecule is O=C(NCc1ccccc1)C(=O)Nc1cc(S(=O)(=O)N2CCOCC2)ccc1Cl. The summed E-state index contributed by atoms with van der Waals surface area (Å²) in [5.41, 5.74) is 0.881. The van der Waals surface area contributed by atoms with Crippen molar-refractivity contribution in [1.29, 1.82) is 0 Å². The molecule has 1 aliphatic heterocycles. The number of hydrogen-bond acceptors (Lipinski definition) is 5. The predicted molar refractivity (Wildman–Crippen MR) is 108 cm³/mol. The maximum absolute atomic E-state index is 12.8. The lowest BCUT2D eigenvalue weighted by Crippen LogP contribution is -2.40. The summed E-state index contributed by atoms with van der Waals surface area (Å²) in [5, 5.41) is 4.99. The minimum Gasteiger partial charge on any atom is -0.379 e. The summed E-state index contributed by atoms with van der Waals surface area (Å²) >= 11 is 6.08. The average molecular weight is 438 g/mol. The summed E-state index contributed by atoms with van der Waals surface area (Å²) in [7, 11) is -3.76. The quantitative estimate of drug-likeness (QED) is 0.691. The maximum Gasteiger partial charge on any atom is 0.313 e. The highest BCUT2D eigenvalue weighted by molar-refractivity contribution is 7.89. The van der Waals surface area contributed by atoms with Gasteiger partial charge in [0.1, 0.15) is 0 Å². The van der Waals surface area contributed by atoms with Crippen molar-refractivity contribution in [1.82, 2.24) is 9.62 Å². The van der Waals surface area contributed by atoms with Crippen LogP contribution in [0, 0.1) is 0 Å². The second-order valence-corrected chi connectivity index (χ2v) is 8.63. The first-order chi connectivity index (χ1) is 13.9. The molecular weight excluding hydrogens is 418 g/mol. The number of carbonyl (C=O) groups is 2. The fourth-order valence-corrected chi connectivity index (χ4v) is 4.33. The number of anilines is 1. The zero-order valence-electron chi connectivity index (χ0n) is 15.4. The van der Waals surface area contributed by atoms with E-state index in [0.29, 0.717) is 13.2 Å². The Kier molecular flexibility index (Phi) is 6.86. The van der Waals surface area contributed by atoms with Crippen molar-refractivity contribution in [3.8, 4) is 0 Å². The number of nitrogens with zero attached hydrogens (tertiary/aromatic N) is 1. The van der Waals surface area contributed by atoms with Gasteiger partial charge in [-0.05, 0) is 23.8 Å². The third-order valence-electron chi connectivity index (χ3n) is 4.30. The normalized spacial score (nSPS) is 14.9. The van der Waals surface area contributed by atoms with Gasteiger partial charge in [-0.1, -0.05) is 41.9 Å². The Morgan fingerprint density at radius 1 is 1.03 bits per heavy atom. The van der Waals surface area contributed by atoms with Gasteiger partial charge < -0.3 is 15.4 Å². The number of sulfonamides is 1. The van der Waals surface area contributed by atoms with Crippen LogP contribution in [0.5, 0.6) is 0 Å². The van der Waals surface area contributed by atoms with Gasteiger partial charge in [-0.15, -0.1) is 0 Å². The van der Waals surface area contributed by atoms with Gasteiger partial charge in [0.25, 0.3) is 0 Å². The molecule has 2 amide bonds. The van der Waals surface area contributed by atoms with Crippen LogP contribution in [-0.4, -0.2) is 50.8 Å². The van der Waals surface area contributed by atoms with Crippen molar-refractivity contribution in [3.05, 3.63) is 59.1 Å². The van der Waals surface area contributed by atoms with E-state index in [-0.39, 0.29) is 35.2 Å². The average Bonchev–Trinajstić information content (AvgIpc) is 2.74. The Morgan fingerprint density at radius 3 is 2.41 bits per heavy atom. The van der Waals surface area contributed by atoms with Crippen molar-refractivity contribution < 1.29 is 22.7 Å². The van der Waals surface area contributed by atoms with Crippen LogP contribution in [0.4, 0.5) is 5.69 Å². The standard InChI is InChI=1S/C19H20ClN3O5S/c20-16-7-6-15(29(26,27)23-8-10-28-11-9-23)12-17(16)22-19(25)18(24)21-13-14-4-2-1-3-5-14/h1-7,12H,8-11,13H2,(H,21,24)(H,22,25). The van der Waals surface area contributed by atoms with Gasteiger partial charge in [0, 0.05) is 19.6 Å². The molecule has 1 saturated heterocycles. The zero-order valence-corrected chi connectivity index (χ0v) is 17.0. The summed E-state index contributed by atoms with van der Waals surface area (Å²) in [4.78, 5) is 24.2. The van der Waals surface area contributed by atoms with E-state index >= 15 is 0 Å². The van der Waals surface area contributed by atoms with E-state index in [1.165, 1.54) is 22.5 Å². The first-order valence-electron chi connectivity index (χ1n) is 8.88. The van der Waals surface area contributed by atoms with Crippen LogP contribution in [0.1, 0.15) is 5.56 Å². The van der Waals surface area contributed by atoms with E-state index in [1.807, 2.05) is 30.3 Å². The molecule has 0 spiro atoms. The van der Waals surface area contributed by atoms with Gasteiger partial charge in [0.2, 0.25) is 10.0 Å². The van der Waals surface area contributed by atoms with Gasteiger partial charge in [-0.2, -0.15) is 4.31 Å². The molecule has 2 aromatic carbocycles. The van der Waals surface area contributed by atoms with Crippen molar-refractivity contribution >= 4 is 39.1 Å². The lowest BCUT2D eigenvalue weighted by atomic mass is 10.2. The molecule has 0 saturated carbocycles. The van der Waals surface area contributed by atoms with Crippen LogP contribution >= 0.6 is 11.6 Å². The zero-order chi connectivity index (χ0) is 20.9. The molecule has 2 aromatic rings.